The van der Waals surface area contributed by atoms with Crippen LogP contribution in [0.1, 0.15) is 43.8 Å². The largest absolute Gasteiger partial charge is 0.444 e. The number of amides is 1. The van der Waals surface area contributed by atoms with E-state index in [1.54, 1.807) is 26.3 Å². The number of aldehydes is 1. The molecule has 1 atom stereocenters. The van der Waals surface area contributed by atoms with Crippen LogP contribution in [0, 0.1) is 6.92 Å². The Hall–Kier alpha value is -1.43. The molecule has 0 bridgehead atoms. The molecule has 1 heterocycles. The van der Waals surface area contributed by atoms with Gasteiger partial charge in [0.15, 0.2) is 0 Å². The summed E-state index contributed by atoms with van der Waals surface area (Å²) < 4.78 is 5.17. The first kappa shape index (κ1) is 14.6. The Kier molecular flexibility index (Phi) is 4.84. The normalized spacial score (nSPS) is 12.9. The highest BCUT2D eigenvalue weighted by Crippen LogP contribution is 2.24. The lowest BCUT2D eigenvalue weighted by atomic mass is 10.1. The van der Waals surface area contributed by atoms with Gasteiger partial charge in [-0.1, -0.05) is 0 Å². The van der Waals surface area contributed by atoms with E-state index in [-0.39, 0.29) is 12.5 Å². The number of aryl methyl sites for hydroxylation is 1. The Balaban J connectivity index is 2.73. The molecule has 1 N–H and O–H groups in total. The first-order valence-corrected chi connectivity index (χ1v) is 6.54. The Morgan fingerprint density at radius 2 is 2.28 bits per heavy atom. The summed E-state index contributed by atoms with van der Waals surface area (Å²) in [6.07, 6.45) is 0.464. The summed E-state index contributed by atoms with van der Waals surface area (Å²) in [5.41, 5.74) is 1.96. The molecule has 18 heavy (non-hydrogen) atoms. The number of hydrogen-bond acceptors (Lipinski definition) is 5. The number of rotatable bonds is 4. The van der Waals surface area contributed by atoms with Crippen molar-refractivity contribution in [2.24, 2.45) is 0 Å². The minimum Gasteiger partial charge on any atom is -0.444 e. The van der Waals surface area contributed by atoms with E-state index in [1.165, 1.54) is 11.3 Å². The molecule has 5 nitrogen and oxygen atoms in total. The maximum Gasteiger partial charge on any atom is 0.408 e. The zero-order valence-corrected chi connectivity index (χ0v) is 11.8. The molecule has 100 valence electrons. The lowest BCUT2D eigenvalue weighted by molar-refractivity contribution is -0.108. The van der Waals surface area contributed by atoms with E-state index in [0.717, 1.165) is 16.9 Å². The van der Waals surface area contributed by atoms with Gasteiger partial charge in [-0.25, -0.2) is 9.78 Å². The van der Waals surface area contributed by atoms with E-state index < -0.39 is 11.7 Å². The lowest BCUT2D eigenvalue weighted by Gasteiger charge is -2.22. The summed E-state index contributed by atoms with van der Waals surface area (Å²) in [6.45, 7) is 7.22. The number of nitrogens with zero attached hydrogens (tertiary/aromatic N) is 1. The van der Waals surface area contributed by atoms with Crippen LogP contribution in [0.2, 0.25) is 0 Å². The molecule has 0 radical (unpaired) electrons. The summed E-state index contributed by atoms with van der Waals surface area (Å²) in [6, 6.07) is -0.371. The van der Waals surface area contributed by atoms with E-state index in [4.69, 9.17) is 4.74 Å². The van der Waals surface area contributed by atoms with Crippen molar-refractivity contribution in [2.75, 3.05) is 0 Å². The molecular weight excluding hydrogens is 252 g/mol. The van der Waals surface area contributed by atoms with Crippen molar-refractivity contribution in [2.45, 2.75) is 45.8 Å². The maximum absolute atomic E-state index is 11.7. The molecule has 0 saturated heterocycles. The van der Waals surface area contributed by atoms with E-state index >= 15 is 0 Å². The Bertz CT molecular complexity index is 423. The number of nitrogens with one attached hydrogen (secondary N) is 1. The lowest BCUT2D eigenvalue weighted by Crippen LogP contribution is -2.35. The van der Waals surface area contributed by atoms with Gasteiger partial charge in [0.1, 0.15) is 11.9 Å². The summed E-state index contributed by atoms with van der Waals surface area (Å²) >= 11 is 1.42. The Labute approximate surface area is 111 Å². The summed E-state index contributed by atoms with van der Waals surface area (Å²) in [5.74, 6) is 0. The van der Waals surface area contributed by atoms with Crippen LogP contribution < -0.4 is 5.32 Å². The Morgan fingerprint density at radius 1 is 1.61 bits per heavy atom. The van der Waals surface area contributed by atoms with E-state index in [2.05, 4.69) is 10.3 Å². The predicted octanol–water partition coefficient (Wildman–Crippen LogP) is 2.61. The number of hydrogen-bond donors (Lipinski definition) is 1. The number of ether oxygens (including phenoxy) is 1. The van der Waals surface area contributed by atoms with Gasteiger partial charge in [-0.2, -0.15) is 0 Å². The maximum atomic E-state index is 11.7. The van der Waals surface area contributed by atoms with Gasteiger partial charge in [0.05, 0.1) is 22.1 Å². The topological polar surface area (TPSA) is 68.3 Å². The standard InChI is InChI=1S/C12H18N2O3S/c1-8-10(18-7-13-8)9(5-6-15)14-11(16)17-12(2,3)4/h6-7,9H,5H2,1-4H3,(H,14,16)/t9-/m0/s1. The molecule has 0 saturated carbocycles. The van der Waals surface area contributed by atoms with E-state index in [1.807, 2.05) is 6.92 Å². The first-order chi connectivity index (χ1) is 8.33. The molecule has 0 spiro atoms. The molecule has 1 aromatic heterocycles. The monoisotopic (exact) mass is 270 g/mol. The zero-order valence-electron chi connectivity index (χ0n) is 11.0. The number of alkyl carbamates (subject to hydrolysis) is 1. The summed E-state index contributed by atoms with van der Waals surface area (Å²) in [4.78, 5) is 27.4. The van der Waals surface area contributed by atoms with Crippen molar-refractivity contribution in [1.82, 2.24) is 10.3 Å². The predicted molar refractivity (Wildman–Crippen MR) is 69.6 cm³/mol. The zero-order chi connectivity index (χ0) is 13.8. The minimum atomic E-state index is -0.557. The highest BCUT2D eigenvalue weighted by molar-refractivity contribution is 7.09. The SMILES string of the molecule is Cc1ncsc1[C@H](CC=O)NC(=O)OC(C)(C)C. The summed E-state index contributed by atoms with van der Waals surface area (Å²) in [5, 5.41) is 2.70. The quantitative estimate of drug-likeness (QED) is 0.854. The van der Waals surface area contributed by atoms with Crippen molar-refractivity contribution in [1.29, 1.82) is 0 Å². The van der Waals surface area contributed by atoms with Gasteiger partial charge in [-0.15, -0.1) is 11.3 Å². The molecule has 0 aromatic carbocycles. The van der Waals surface area contributed by atoms with Crippen LogP contribution in [0.4, 0.5) is 4.79 Å². The second-order valence-corrected chi connectivity index (χ2v) is 5.79. The van der Waals surface area contributed by atoms with Crippen LogP contribution in [-0.4, -0.2) is 23.0 Å². The van der Waals surface area contributed by atoms with Crippen LogP contribution in [-0.2, 0) is 9.53 Å². The van der Waals surface area contributed by atoms with Gasteiger partial charge < -0.3 is 14.8 Å². The second-order valence-electron chi connectivity index (χ2n) is 4.90. The van der Waals surface area contributed by atoms with Crippen molar-refractivity contribution >= 4 is 23.7 Å². The third-order valence-corrected chi connectivity index (χ3v) is 3.17. The van der Waals surface area contributed by atoms with E-state index in [0.29, 0.717) is 0 Å². The van der Waals surface area contributed by atoms with Gasteiger partial charge in [0.25, 0.3) is 0 Å². The number of aromatic nitrogens is 1. The molecular formula is C12H18N2O3S. The molecule has 1 rings (SSSR count). The van der Waals surface area contributed by atoms with Crippen LogP contribution >= 0.6 is 11.3 Å². The molecule has 1 amide bonds. The summed E-state index contributed by atoms with van der Waals surface area (Å²) in [7, 11) is 0. The highest BCUT2D eigenvalue weighted by Gasteiger charge is 2.22. The third-order valence-electron chi connectivity index (χ3n) is 2.12. The van der Waals surface area contributed by atoms with Crippen LogP contribution in [0.15, 0.2) is 5.51 Å². The van der Waals surface area contributed by atoms with Crippen molar-refractivity contribution < 1.29 is 14.3 Å². The van der Waals surface area contributed by atoms with E-state index in [9.17, 15) is 9.59 Å². The van der Waals surface area contributed by atoms with Gasteiger partial charge in [-0.3, -0.25) is 0 Å². The number of carbonyl (C=O) groups excluding carboxylic acids is 2. The Morgan fingerprint density at radius 3 is 2.72 bits per heavy atom. The second kappa shape index (κ2) is 5.95. The highest BCUT2D eigenvalue weighted by atomic mass is 32.1. The molecule has 1 aromatic rings. The van der Waals surface area contributed by atoms with Crippen molar-refractivity contribution in [3.05, 3.63) is 16.1 Å². The third kappa shape index (κ3) is 4.44. The first-order valence-electron chi connectivity index (χ1n) is 5.66. The number of thiazole rings is 1. The smallest absolute Gasteiger partial charge is 0.408 e. The van der Waals surface area contributed by atoms with Crippen LogP contribution in [0.25, 0.3) is 0 Å². The van der Waals surface area contributed by atoms with Gasteiger partial charge in [0.2, 0.25) is 0 Å². The fourth-order valence-corrected chi connectivity index (χ4v) is 2.29. The fraction of sp³-hybridized carbons (Fsp3) is 0.583. The van der Waals surface area contributed by atoms with Crippen LogP contribution in [0.3, 0.4) is 0 Å². The molecule has 0 unspecified atom stereocenters. The van der Waals surface area contributed by atoms with Crippen LogP contribution in [0.5, 0.6) is 0 Å². The molecule has 0 aliphatic carbocycles. The molecule has 0 aliphatic heterocycles. The van der Waals surface area contributed by atoms with Gasteiger partial charge in [-0.05, 0) is 27.7 Å². The average Bonchev–Trinajstić information content (AvgIpc) is 2.60. The molecule has 6 heteroatoms. The molecule has 0 fully saturated rings. The number of carbonyl (C=O) groups is 2. The van der Waals surface area contributed by atoms with Crippen molar-refractivity contribution in [3.8, 4) is 0 Å². The van der Waals surface area contributed by atoms with Crippen molar-refractivity contribution in [3.63, 3.8) is 0 Å². The molecule has 0 aliphatic rings. The minimum absolute atomic E-state index is 0.211. The average molecular weight is 270 g/mol. The fourth-order valence-electron chi connectivity index (χ4n) is 1.42. The van der Waals surface area contributed by atoms with Gasteiger partial charge in [0, 0.05) is 6.42 Å². The van der Waals surface area contributed by atoms with Gasteiger partial charge >= 0.3 is 6.09 Å².